The van der Waals surface area contributed by atoms with Crippen LogP contribution in [0.2, 0.25) is 0 Å². The number of anilines is 1. The standard InChI is InChI=1S/C15H19NO2/c17-14(18)9-15(7-11-6-12(11)8-15)10-16-13-4-2-1-3-5-13/h1-5,11-12,16H,6-10H2,(H,17,18)/t11-,12+,15?. The third-order valence-electron chi connectivity index (χ3n) is 4.43. The first-order valence-corrected chi connectivity index (χ1v) is 6.68. The molecule has 0 amide bonds. The molecule has 0 spiro atoms. The largest absolute Gasteiger partial charge is 0.481 e. The molecule has 2 aliphatic rings. The van der Waals surface area contributed by atoms with Crippen molar-refractivity contribution >= 4 is 11.7 Å². The van der Waals surface area contributed by atoms with E-state index < -0.39 is 5.97 Å². The lowest BCUT2D eigenvalue weighted by molar-refractivity contribution is -0.139. The maximum atomic E-state index is 11.1. The number of carboxylic acids is 1. The summed E-state index contributed by atoms with van der Waals surface area (Å²) in [5, 5.41) is 12.5. The van der Waals surface area contributed by atoms with Crippen LogP contribution < -0.4 is 5.32 Å². The van der Waals surface area contributed by atoms with Gasteiger partial charge < -0.3 is 10.4 Å². The molecule has 1 unspecified atom stereocenters. The van der Waals surface area contributed by atoms with Gasteiger partial charge in [0, 0.05) is 12.2 Å². The van der Waals surface area contributed by atoms with Crippen molar-refractivity contribution in [1.29, 1.82) is 0 Å². The van der Waals surface area contributed by atoms with E-state index in [9.17, 15) is 4.79 Å². The summed E-state index contributed by atoms with van der Waals surface area (Å²) in [6, 6.07) is 10.0. The van der Waals surface area contributed by atoms with Crippen LogP contribution in [-0.4, -0.2) is 17.6 Å². The number of hydrogen-bond acceptors (Lipinski definition) is 2. The third kappa shape index (κ3) is 2.35. The zero-order valence-electron chi connectivity index (χ0n) is 10.4. The topological polar surface area (TPSA) is 49.3 Å². The Labute approximate surface area is 107 Å². The average molecular weight is 245 g/mol. The molecule has 3 rings (SSSR count). The molecule has 0 heterocycles. The molecule has 2 saturated carbocycles. The predicted molar refractivity (Wildman–Crippen MR) is 70.4 cm³/mol. The van der Waals surface area contributed by atoms with E-state index in [-0.39, 0.29) is 5.41 Å². The number of benzene rings is 1. The summed E-state index contributed by atoms with van der Waals surface area (Å²) < 4.78 is 0. The van der Waals surface area contributed by atoms with Crippen molar-refractivity contribution in [3.63, 3.8) is 0 Å². The average Bonchev–Trinajstić information content (AvgIpc) is 2.96. The number of rotatable bonds is 5. The Hall–Kier alpha value is -1.51. The molecule has 2 aliphatic carbocycles. The summed E-state index contributed by atoms with van der Waals surface area (Å²) in [6.45, 7) is 0.788. The van der Waals surface area contributed by atoms with Crippen molar-refractivity contribution in [2.24, 2.45) is 17.3 Å². The zero-order chi connectivity index (χ0) is 12.6. The van der Waals surface area contributed by atoms with E-state index in [0.717, 1.165) is 36.9 Å². The van der Waals surface area contributed by atoms with Gasteiger partial charge in [-0.15, -0.1) is 0 Å². The van der Waals surface area contributed by atoms with Crippen LogP contribution in [-0.2, 0) is 4.79 Å². The second-order valence-electron chi connectivity index (χ2n) is 5.95. The maximum absolute atomic E-state index is 11.1. The monoisotopic (exact) mass is 245 g/mol. The van der Waals surface area contributed by atoms with Crippen LogP contribution in [0.25, 0.3) is 0 Å². The zero-order valence-corrected chi connectivity index (χ0v) is 10.4. The van der Waals surface area contributed by atoms with Gasteiger partial charge in [-0.2, -0.15) is 0 Å². The van der Waals surface area contributed by atoms with Crippen LogP contribution in [0, 0.1) is 17.3 Å². The molecule has 0 radical (unpaired) electrons. The first-order valence-electron chi connectivity index (χ1n) is 6.68. The molecular weight excluding hydrogens is 226 g/mol. The molecule has 96 valence electrons. The highest BCUT2D eigenvalue weighted by Crippen LogP contribution is 2.61. The second kappa shape index (κ2) is 4.30. The molecule has 18 heavy (non-hydrogen) atoms. The molecule has 1 aromatic carbocycles. The summed E-state index contributed by atoms with van der Waals surface area (Å²) in [6.07, 6.45) is 3.81. The Morgan fingerprint density at radius 3 is 2.56 bits per heavy atom. The molecule has 2 N–H and O–H groups in total. The van der Waals surface area contributed by atoms with E-state index in [1.165, 1.54) is 6.42 Å². The summed E-state index contributed by atoms with van der Waals surface area (Å²) in [4.78, 5) is 11.1. The number of carboxylic acid groups (broad SMARTS) is 1. The predicted octanol–water partition coefficient (Wildman–Crippen LogP) is 2.99. The Balaban J connectivity index is 1.65. The van der Waals surface area contributed by atoms with E-state index in [2.05, 4.69) is 5.32 Å². The van der Waals surface area contributed by atoms with E-state index in [1.807, 2.05) is 30.3 Å². The Morgan fingerprint density at radius 2 is 1.94 bits per heavy atom. The molecule has 3 nitrogen and oxygen atoms in total. The minimum atomic E-state index is -0.661. The van der Waals surface area contributed by atoms with E-state index in [1.54, 1.807) is 0 Å². The van der Waals surface area contributed by atoms with Gasteiger partial charge in [-0.3, -0.25) is 4.79 Å². The lowest BCUT2D eigenvalue weighted by atomic mass is 9.79. The molecule has 3 heteroatoms. The highest BCUT2D eigenvalue weighted by Gasteiger charge is 2.54. The summed E-state index contributed by atoms with van der Waals surface area (Å²) in [5.41, 5.74) is 1.07. The number of aliphatic carboxylic acids is 1. The van der Waals surface area contributed by atoms with Crippen LogP contribution in [0.15, 0.2) is 30.3 Å². The molecule has 0 bridgehead atoms. The van der Waals surface area contributed by atoms with Gasteiger partial charge in [0.25, 0.3) is 0 Å². The van der Waals surface area contributed by atoms with Crippen LogP contribution in [0.5, 0.6) is 0 Å². The lowest BCUT2D eigenvalue weighted by Crippen LogP contribution is -2.31. The summed E-state index contributed by atoms with van der Waals surface area (Å²) in [7, 11) is 0. The first-order chi connectivity index (χ1) is 8.67. The van der Waals surface area contributed by atoms with Crippen molar-refractivity contribution in [3.05, 3.63) is 30.3 Å². The van der Waals surface area contributed by atoms with Gasteiger partial charge in [0.1, 0.15) is 0 Å². The van der Waals surface area contributed by atoms with E-state index in [0.29, 0.717) is 6.42 Å². The molecule has 2 fully saturated rings. The van der Waals surface area contributed by atoms with Gasteiger partial charge in [0.15, 0.2) is 0 Å². The minimum absolute atomic E-state index is 0.0186. The highest BCUT2D eigenvalue weighted by molar-refractivity contribution is 5.68. The van der Waals surface area contributed by atoms with Gasteiger partial charge in [-0.25, -0.2) is 0 Å². The summed E-state index contributed by atoms with van der Waals surface area (Å²) in [5.74, 6) is 0.954. The SMILES string of the molecule is O=C(O)CC1(CNc2ccccc2)C[C@H]2C[C@H]2C1. The lowest BCUT2D eigenvalue weighted by Gasteiger charge is -2.30. The molecular formula is C15H19NO2. The third-order valence-corrected chi connectivity index (χ3v) is 4.43. The maximum Gasteiger partial charge on any atom is 0.303 e. The van der Waals surface area contributed by atoms with Crippen LogP contribution in [0.4, 0.5) is 5.69 Å². The Bertz CT molecular complexity index is 433. The summed E-state index contributed by atoms with van der Waals surface area (Å²) >= 11 is 0. The molecule has 0 saturated heterocycles. The van der Waals surface area contributed by atoms with Gasteiger partial charge in [0.2, 0.25) is 0 Å². The fourth-order valence-electron chi connectivity index (χ4n) is 3.52. The number of nitrogens with one attached hydrogen (secondary N) is 1. The smallest absolute Gasteiger partial charge is 0.303 e. The van der Waals surface area contributed by atoms with Crippen molar-refractivity contribution < 1.29 is 9.90 Å². The van der Waals surface area contributed by atoms with Gasteiger partial charge in [0.05, 0.1) is 6.42 Å². The number of hydrogen-bond donors (Lipinski definition) is 2. The molecule has 1 aromatic rings. The van der Waals surface area contributed by atoms with Crippen molar-refractivity contribution in [2.45, 2.75) is 25.7 Å². The molecule has 0 aromatic heterocycles. The quantitative estimate of drug-likeness (QED) is 0.838. The molecule has 3 atom stereocenters. The fraction of sp³-hybridized carbons (Fsp3) is 0.533. The second-order valence-corrected chi connectivity index (χ2v) is 5.95. The van der Waals surface area contributed by atoms with Crippen molar-refractivity contribution in [1.82, 2.24) is 0 Å². The van der Waals surface area contributed by atoms with Crippen molar-refractivity contribution in [3.8, 4) is 0 Å². The van der Waals surface area contributed by atoms with Crippen LogP contribution >= 0.6 is 0 Å². The fourth-order valence-corrected chi connectivity index (χ4v) is 3.52. The van der Waals surface area contributed by atoms with Crippen LogP contribution in [0.3, 0.4) is 0 Å². The van der Waals surface area contributed by atoms with Gasteiger partial charge in [-0.05, 0) is 48.6 Å². The first kappa shape index (κ1) is 11.6. The Kier molecular flexibility index (Phi) is 2.77. The van der Waals surface area contributed by atoms with E-state index in [4.69, 9.17) is 5.11 Å². The number of carbonyl (C=O) groups is 1. The van der Waals surface area contributed by atoms with Gasteiger partial charge in [-0.1, -0.05) is 18.2 Å². The highest BCUT2D eigenvalue weighted by atomic mass is 16.4. The van der Waals surface area contributed by atoms with Gasteiger partial charge >= 0.3 is 5.97 Å². The normalized spacial score (nSPS) is 32.9. The Morgan fingerprint density at radius 1 is 1.28 bits per heavy atom. The minimum Gasteiger partial charge on any atom is -0.481 e. The van der Waals surface area contributed by atoms with Crippen molar-refractivity contribution in [2.75, 3.05) is 11.9 Å². The van der Waals surface area contributed by atoms with Crippen LogP contribution in [0.1, 0.15) is 25.7 Å². The number of fused-ring (bicyclic) bond motifs is 1. The number of para-hydroxylation sites is 1. The van der Waals surface area contributed by atoms with E-state index >= 15 is 0 Å². The molecule has 0 aliphatic heterocycles.